The lowest BCUT2D eigenvalue weighted by Crippen LogP contribution is -3.08. The van der Waals surface area contributed by atoms with Crippen molar-refractivity contribution in [1.29, 1.82) is 0 Å². The van der Waals surface area contributed by atoms with Gasteiger partial charge in [-0.3, -0.25) is 4.79 Å². The molecule has 3 rings (SSSR count). The zero-order valence-corrected chi connectivity index (χ0v) is 14.8. The summed E-state index contributed by atoms with van der Waals surface area (Å²) in [5.74, 6) is -0.179. The fourth-order valence-corrected chi connectivity index (χ4v) is 3.38. The van der Waals surface area contributed by atoms with Crippen molar-refractivity contribution < 1.29 is 14.5 Å². The van der Waals surface area contributed by atoms with E-state index >= 15 is 0 Å². The number of likely N-dealkylation sites (tertiary alicyclic amines) is 1. The Balaban J connectivity index is 1.63. The van der Waals surface area contributed by atoms with E-state index in [1.54, 1.807) is 29.2 Å². The summed E-state index contributed by atoms with van der Waals surface area (Å²) in [6.45, 7) is 3.93. The first-order valence-corrected chi connectivity index (χ1v) is 8.97. The van der Waals surface area contributed by atoms with Crippen molar-refractivity contribution in [2.75, 3.05) is 18.4 Å². The van der Waals surface area contributed by atoms with Crippen LogP contribution in [0.15, 0.2) is 48.5 Å². The maximum atomic E-state index is 12.5. The highest BCUT2D eigenvalue weighted by molar-refractivity contribution is 5.96. The van der Waals surface area contributed by atoms with Crippen LogP contribution in [0.5, 0.6) is 0 Å². The largest absolute Gasteiger partial charge is 0.351 e. The molecule has 2 aromatic carbocycles. The number of nitrogens with two attached hydrogens (primary N) is 1. The van der Waals surface area contributed by atoms with E-state index in [-0.39, 0.29) is 5.91 Å². The third-order valence-corrected chi connectivity index (χ3v) is 4.70. The van der Waals surface area contributed by atoms with E-state index in [4.69, 9.17) is 5.73 Å². The summed E-state index contributed by atoms with van der Waals surface area (Å²) in [6, 6.07) is 14.3. The van der Waals surface area contributed by atoms with Gasteiger partial charge in [0.25, 0.3) is 5.91 Å². The van der Waals surface area contributed by atoms with Crippen LogP contribution in [0.4, 0.5) is 10.5 Å². The lowest BCUT2D eigenvalue weighted by atomic mass is 10.1. The number of urea groups is 1. The van der Waals surface area contributed by atoms with Gasteiger partial charge in [0, 0.05) is 36.2 Å². The molecule has 2 aromatic rings. The van der Waals surface area contributed by atoms with Gasteiger partial charge in [-0.1, -0.05) is 30.3 Å². The Morgan fingerprint density at radius 2 is 1.73 bits per heavy atom. The number of benzene rings is 2. The number of amides is 3. The Morgan fingerprint density at radius 1 is 1.00 bits per heavy atom. The van der Waals surface area contributed by atoms with Crippen LogP contribution in [0, 0.1) is 0 Å². The van der Waals surface area contributed by atoms with Gasteiger partial charge in [-0.25, -0.2) is 4.79 Å². The Morgan fingerprint density at radius 3 is 2.46 bits per heavy atom. The summed E-state index contributed by atoms with van der Waals surface area (Å²) >= 11 is 0. The highest BCUT2D eigenvalue weighted by Crippen LogP contribution is 2.12. The Kier molecular flexibility index (Phi) is 5.86. The SMILES string of the molecule is NC(=O)Nc1cccc(C(=O)NCc2ccccc2C[NH+]2CCCC2)c1. The number of nitrogens with one attached hydrogen (secondary N) is 3. The molecule has 26 heavy (non-hydrogen) atoms. The van der Waals surface area contributed by atoms with Crippen LogP contribution in [-0.4, -0.2) is 25.0 Å². The average molecular weight is 353 g/mol. The molecule has 1 fully saturated rings. The van der Waals surface area contributed by atoms with Crippen molar-refractivity contribution in [3.05, 3.63) is 65.2 Å². The minimum atomic E-state index is -0.652. The Bertz CT molecular complexity index is 785. The molecule has 0 unspecified atom stereocenters. The minimum absolute atomic E-state index is 0.179. The summed E-state index contributed by atoms with van der Waals surface area (Å²) < 4.78 is 0. The number of anilines is 1. The van der Waals surface area contributed by atoms with Crippen LogP contribution < -0.4 is 21.3 Å². The van der Waals surface area contributed by atoms with Crippen LogP contribution in [0.25, 0.3) is 0 Å². The summed E-state index contributed by atoms with van der Waals surface area (Å²) in [6.07, 6.45) is 2.59. The first-order valence-electron chi connectivity index (χ1n) is 8.97. The van der Waals surface area contributed by atoms with Gasteiger partial charge < -0.3 is 21.3 Å². The normalized spacial score (nSPS) is 14.2. The quantitative estimate of drug-likeness (QED) is 0.630. The number of carbonyl (C=O) groups excluding carboxylic acids is 2. The van der Waals surface area contributed by atoms with Gasteiger partial charge in [-0.15, -0.1) is 0 Å². The maximum Gasteiger partial charge on any atom is 0.316 e. The molecule has 1 aliphatic heterocycles. The van der Waals surface area contributed by atoms with Crippen LogP contribution in [0.3, 0.4) is 0 Å². The predicted molar refractivity (Wildman–Crippen MR) is 101 cm³/mol. The first-order chi connectivity index (χ1) is 12.6. The highest BCUT2D eigenvalue weighted by Gasteiger charge is 2.17. The van der Waals surface area contributed by atoms with E-state index in [2.05, 4.69) is 28.8 Å². The Labute approximate surface area is 153 Å². The fourth-order valence-electron chi connectivity index (χ4n) is 3.38. The monoisotopic (exact) mass is 353 g/mol. The second-order valence-corrected chi connectivity index (χ2v) is 6.66. The zero-order chi connectivity index (χ0) is 18.4. The standard InChI is InChI=1S/C20H24N4O2/c21-20(26)23-18-9-5-8-15(12-18)19(25)22-13-16-6-1-2-7-17(16)14-24-10-3-4-11-24/h1-2,5-9,12H,3-4,10-11,13-14H2,(H,22,25)(H3,21,23,26)/p+1. The topological polar surface area (TPSA) is 88.7 Å². The van der Waals surface area contributed by atoms with Crippen LogP contribution in [0.2, 0.25) is 0 Å². The van der Waals surface area contributed by atoms with E-state index in [1.165, 1.54) is 31.5 Å². The number of hydrogen-bond acceptors (Lipinski definition) is 2. The van der Waals surface area contributed by atoms with Gasteiger partial charge in [0.1, 0.15) is 6.54 Å². The van der Waals surface area contributed by atoms with Gasteiger partial charge in [0.2, 0.25) is 0 Å². The fraction of sp³-hybridized carbons (Fsp3) is 0.300. The van der Waals surface area contributed by atoms with Crippen molar-refractivity contribution >= 4 is 17.6 Å². The minimum Gasteiger partial charge on any atom is -0.351 e. The van der Waals surface area contributed by atoms with Gasteiger partial charge in [-0.2, -0.15) is 0 Å². The molecular weight excluding hydrogens is 328 g/mol. The van der Waals surface area contributed by atoms with Crippen LogP contribution in [0.1, 0.15) is 34.3 Å². The van der Waals surface area contributed by atoms with Gasteiger partial charge in [0.15, 0.2) is 0 Å². The van der Waals surface area contributed by atoms with Crippen molar-refractivity contribution in [2.45, 2.75) is 25.9 Å². The van der Waals surface area contributed by atoms with E-state index in [1.807, 2.05) is 6.07 Å². The summed E-state index contributed by atoms with van der Waals surface area (Å²) in [4.78, 5) is 25.0. The van der Waals surface area contributed by atoms with Crippen LogP contribution in [-0.2, 0) is 13.1 Å². The molecule has 1 aliphatic rings. The molecule has 0 aliphatic carbocycles. The first kappa shape index (κ1) is 17.9. The highest BCUT2D eigenvalue weighted by atomic mass is 16.2. The van der Waals surface area contributed by atoms with Crippen LogP contribution >= 0.6 is 0 Å². The van der Waals surface area contributed by atoms with Gasteiger partial charge in [-0.05, 0) is 23.8 Å². The van der Waals surface area contributed by atoms with Crippen molar-refractivity contribution in [3.8, 4) is 0 Å². The van der Waals surface area contributed by atoms with Crippen molar-refractivity contribution in [3.63, 3.8) is 0 Å². The van der Waals surface area contributed by atoms with Crippen molar-refractivity contribution in [2.24, 2.45) is 5.73 Å². The molecule has 3 amide bonds. The van der Waals surface area contributed by atoms with Gasteiger partial charge >= 0.3 is 6.03 Å². The smallest absolute Gasteiger partial charge is 0.316 e. The summed E-state index contributed by atoms with van der Waals surface area (Å²) in [5, 5.41) is 5.45. The molecule has 6 nitrogen and oxygen atoms in total. The molecule has 0 bridgehead atoms. The average Bonchev–Trinajstić information content (AvgIpc) is 3.13. The lowest BCUT2D eigenvalue weighted by Gasteiger charge is -2.15. The summed E-state index contributed by atoms with van der Waals surface area (Å²) in [7, 11) is 0. The number of hydrogen-bond donors (Lipinski definition) is 4. The molecular formula is C20H25N4O2+. The summed E-state index contributed by atoms with van der Waals surface area (Å²) in [5.41, 5.74) is 8.54. The molecule has 0 saturated carbocycles. The second kappa shape index (κ2) is 8.49. The number of rotatable bonds is 6. The number of primary amides is 1. The third kappa shape index (κ3) is 4.83. The molecule has 0 radical (unpaired) electrons. The van der Waals surface area contributed by atoms with E-state index in [0.29, 0.717) is 17.8 Å². The molecule has 0 aromatic heterocycles. The molecule has 5 N–H and O–H groups in total. The second-order valence-electron chi connectivity index (χ2n) is 6.66. The molecule has 1 heterocycles. The van der Waals surface area contributed by atoms with Crippen molar-refractivity contribution in [1.82, 2.24) is 5.32 Å². The lowest BCUT2D eigenvalue weighted by molar-refractivity contribution is -0.901. The van der Waals surface area contributed by atoms with E-state index in [0.717, 1.165) is 12.1 Å². The van der Waals surface area contributed by atoms with E-state index in [9.17, 15) is 9.59 Å². The maximum absolute atomic E-state index is 12.5. The third-order valence-electron chi connectivity index (χ3n) is 4.70. The predicted octanol–water partition coefficient (Wildman–Crippen LogP) is 1.29. The molecule has 136 valence electrons. The van der Waals surface area contributed by atoms with Gasteiger partial charge in [0.05, 0.1) is 13.1 Å². The molecule has 6 heteroatoms. The molecule has 0 spiro atoms. The van der Waals surface area contributed by atoms with E-state index < -0.39 is 6.03 Å². The number of quaternary nitrogens is 1. The number of carbonyl (C=O) groups is 2. The zero-order valence-electron chi connectivity index (χ0n) is 14.8. The molecule has 1 saturated heterocycles. The Hall–Kier alpha value is -2.86. The molecule has 0 atom stereocenters.